The van der Waals surface area contributed by atoms with Crippen molar-refractivity contribution >= 4 is 23.3 Å². The van der Waals surface area contributed by atoms with Gasteiger partial charge in [-0.15, -0.1) is 0 Å². The van der Waals surface area contributed by atoms with Crippen molar-refractivity contribution < 1.29 is 9.53 Å². The fourth-order valence-corrected chi connectivity index (χ4v) is 4.96. The van der Waals surface area contributed by atoms with Crippen molar-refractivity contribution in [2.75, 3.05) is 13.7 Å². The normalized spacial score (nSPS) is 22.5. The van der Waals surface area contributed by atoms with Crippen LogP contribution in [0.5, 0.6) is 0 Å². The fourth-order valence-electron chi connectivity index (χ4n) is 4.63. The molecule has 1 aliphatic heterocycles. The molecule has 0 radical (unpaired) electrons. The number of carbonyl (C=O) groups is 1. The standard InChI is InChI=1S/C22H28N4O2S/c1-28-19(27)12-15-26-21(20(24-22(26)29)17-10-5-6-13-23-17)18-11-7-14-25(18)16-8-3-2-4-9-16/h5-7,10-11,13-14,16,20-21H,2-4,8-9,12,15H2,1H3,(H,24,29). The molecular formula is C22H28N4O2S. The van der Waals surface area contributed by atoms with Crippen molar-refractivity contribution in [1.82, 2.24) is 19.8 Å². The number of ether oxygens (including phenoxy) is 1. The van der Waals surface area contributed by atoms with Crippen LogP contribution in [0.15, 0.2) is 42.7 Å². The minimum Gasteiger partial charge on any atom is -0.469 e. The molecule has 1 saturated heterocycles. The average Bonchev–Trinajstić information content (AvgIpc) is 3.37. The molecule has 2 unspecified atom stereocenters. The Morgan fingerprint density at radius 2 is 2.07 bits per heavy atom. The van der Waals surface area contributed by atoms with E-state index in [0.717, 1.165) is 5.69 Å². The van der Waals surface area contributed by atoms with Gasteiger partial charge in [-0.1, -0.05) is 25.3 Å². The lowest BCUT2D eigenvalue weighted by Crippen LogP contribution is -2.33. The summed E-state index contributed by atoms with van der Waals surface area (Å²) >= 11 is 5.68. The Hall–Kier alpha value is -2.41. The van der Waals surface area contributed by atoms with Gasteiger partial charge in [-0.2, -0.15) is 0 Å². The second-order valence-electron chi connectivity index (χ2n) is 7.78. The van der Waals surface area contributed by atoms with Crippen LogP contribution in [0.4, 0.5) is 0 Å². The van der Waals surface area contributed by atoms with E-state index in [9.17, 15) is 4.79 Å². The summed E-state index contributed by atoms with van der Waals surface area (Å²) in [7, 11) is 1.42. The predicted octanol–water partition coefficient (Wildman–Crippen LogP) is 3.92. The number of thiocarbonyl (C=S) groups is 1. The minimum absolute atomic E-state index is 0.0148. The van der Waals surface area contributed by atoms with Crippen LogP contribution in [0.1, 0.15) is 68.0 Å². The SMILES string of the molecule is COC(=O)CCN1C(=S)NC(c2ccccn2)C1c1cccn1C1CCCCC1. The van der Waals surface area contributed by atoms with E-state index in [-0.39, 0.29) is 18.1 Å². The number of hydrogen-bond acceptors (Lipinski definition) is 4. The third kappa shape index (κ3) is 4.15. The third-order valence-corrected chi connectivity index (χ3v) is 6.42. The number of nitrogens with one attached hydrogen (secondary N) is 1. The Balaban J connectivity index is 1.69. The molecule has 2 aliphatic rings. The van der Waals surface area contributed by atoms with Crippen LogP contribution in [-0.4, -0.2) is 39.2 Å². The van der Waals surface area contributed by atoms with Crippen molar-refractivity contribution in [3.63, 3.8) is 0 Å². The number of pyridine rings is 1. The molecule has 0 aromatic carbocycles. The number of rotatable bonds is 6. The molecule has 154 valence electrons. The second kappa shape index (κ2) is 8.95. The maximum atomic E-state index is 11.8. The molecule has 2 aromatic rings. The maximum absolute atomic E-state index is 11.8. The topological polar surface area (TPSA) is 59.4 Å². The largest absolute Gasteiger partial charge is 0.469 e. The first-order valence-electron chi connectivity index (χ1n) is 10.4. The van der Waals surface area contributed by atoms with E-state index < -0.39 is 0 Å². The molecule has 0 bridgehead atoms. The Morgan fingerprint density at radius 3 is 2.79 bits per heavy atom. The summed E-state index contributed by atoms with van der Waals surface area (Å²) in [4.78, 5) is 18.5. The smallest absolute Gasteiger partial charge is 0.307 e. The van der Waals surface area contributed by atoms with Gasteiger partial charge in [0.05, 0.1) is 31.3 Å². The number of nitrogens with zero attached hydrogens (tertiary/aromatic N) is 3. The van der Waals surface area contributed by atoms with E-state index in [4.69, 9.17) is 17.0 Å². The molecule has 0 spiro atoms. The summed E-state index contributed by atoms with van der Waals surface area (Å²) < 4.78 is 7.29. The van der Waals surface area contributed by atoms with Crippen molar-refractivity contribution in [2.24, 2.45) is 0 Å². The number of esters is 1. The van der Waals surface area contributed by atoms with Crippen molar-refractivity contribution in [2.45, 2.75) is 56.7 Å². The van der Waals surface area contributed by atoms with E-state index in [1.807, 2.05) is 24.4 Å². The minimum atomic E-state index is -0.226. The number of methoxy groups -OCH3 is 1. The first kappa shape index (κ1) is 19.9. The maximum Gasteiger partial charge on any atom is 0.307 e. The molecule has 2 fully saturated rings. The van der Waals surface area contributed by atoms with Gasteiger partial charge in [-0.25, -0.2) is 0 Å². The van der Waals surface area contributed by atoms with Crippen LogP contribution in [0.3, 0.4) is 0 Å². The predicted molar refractivity (Wildman–Crippen MR) is 115 cm³/mol. The summed E-state index contributed by atoms with van der Waals surface area (Å²) in [5.41, 5.74) is 2.18. The quantitative estimate of drug-likeness (QED) is 0.573. The third-order valence-electron chi connectivity index (χ3n) is 6.07. The summed E-state index contributed by atoms with van der Waals surface area (Å²) in [6, 6.07) is 10.7. The van der Waals surface area contributed by atoms with Crippen molar-refractivity contribution in [3.8, 4) is 0 Å². The molecular weight excluding hydrogens is 384 g/mol. The van der Waals surface area contributed by atoms with Gasteiger partial charge in [-0.05, 0) is 49.3 Å². The molecule has 1 aliphatic carbocycles. The van der Waals surface area contributed by atoms with Crippen LogP contribution in [0, 0.1) is 0 Å². The zero-order valence-electron chi connectivity index (χ0n) is 16.8. The highest BCUT2D eigenvalue weighted by Gasteiger charge is 2.41. The number of hydrogen-bond donors (Lipinski definition) is 1. The first-order chi connectivity index (χ1) is 14.2. The zero-order chi connectivity index (χ0) is 20.2. The zero-order valence-corrected chi connectivity index (χ0v) is 17.6. The second-order valence-corrected chi connectivity index (χ2v) is 8.16. The molecule has 29 heavy (non-hydrogen) atoms. The Morgan fingerprint density at radius 1 is 1.24 bits per heavy atom. The van der Waals surface area contributed by atoms with Gasteiger partial charge < -0.3 is 19.5 Å². The summed E-state index contributed by atoms with van der Waals surface area (Å²) in [6.45, 7) is 0.516. The molecule has 0 amide bonds. The van der Waals surface area contributed by atoms with Crippen LogP contribution in [0.25, 0.3) is 0 Å². The van der Waals surface area contributed by atoms with Gasteiger partial charge in [0, 0.05) is 30.7 Å². The van der Waals surface area contributed by atoms with Crippen LogP contribution < -0.4 is 5.32 Å². The van der Waals surface area contributed by atoms with Gasteiger partial charge in [0.25, 0.3) is 0 Å². The summed E-state index contributed by atoms with van der Waals surface area (Å²) in [5.74, 6) is -0.226. The van der Waals surface area contributed by atoms with Gasteiger partial charge in [0.2, 0.25) is 0 Å². The highest BCUT2D eigenvalue weighted by Crippen LogP contribution is 2.41. The average molecular weight is 413 g/mol. The lowest BCUT2D eigenvalue weighted by Gasteiger charge is -2.32. The Labute approximate surface area is 177 Å². The summed E-state index contributed by atoms with van der Waals surface area (Å²) in [5, 5.41) is 4.12. The summed E-state index contributed by atoms with van der Waals surface area (Å²) in [6.07, 6.45) is 10.6. The lowest BCUT2D eigenvalue weighted by molar-refractivity contribution is -0.140. The van der Waals surface area contributed by atoms with Crippen LogP contribution in [0.2, 0.25) is 0 Å². The van der Waals surface area contributed by atoms with Crippen LogP contribution >= 0.6 is 12.2 Å². The molecule has 2 aromatic heterocycles. The molecule has 3 heterocycles. The van der Waals surface area contributed by atoms with E-state index in [1.165, 1.54) is 44.9 Å². The van der Waals surface area contributed by atoms with Crippen molar-refractivity contribution in [1.29, 1.82) is 0 Å². The monoisotopic (exact) mass is 412 g/mol. The van der Waals surface area contributed by atoms with Gasteiger partial charge in [0.15, 0.2) is 5.11 Å². The fraction of sp³-hybridized carbons (Fsp3) is 0.500. The lowest BCUT2D eigenvalue weighted by atomic mass is 9.94. The van der Waals surface area contributed by atoms with E-state index in [1.54, 1.807) is 0 Å². The van der Waals surface area contributed by atoms with E-state index in [0.29, 0.717) is 24.1 Å². The van der Waals surface area contributed by atoms with Crippen molar-refractivity contribution in [3.05, 3.63) is 54.1 Å². The number of carbonyl (C=O) groups excluding carboxylic acids is 1. The highest BCUT2D eigenvalue weighted by atomic mass is 32.1. The molecule has 4 rings (SSSR count). The van der Waals surface area contributed by atoms with Gasteiger partial charge >= 0.3 is 5.97 Å². The molecule has 2 atom stereocenters. The molecule has 6 nitrogen and oxygen atoms in total. The Kier molecular flexibility index (Phi) is 6.13. The number of aromatic nitrogens is 2. The van der Waals surface area contributed by atoms with E-state index >= 15 is 0 Å². The molecule has 1 saturated carbocycles. The first-order valence-corrected chi connectivity index (χ1v) is 10.8. The van der Waals surface area contributed by atoms with E-state index in [2.05, 4.69) is 38.1 Å². The highest BCUT2D eigenvalue weighted by molar-refractivity contribution is 7.80. The molecule has 7 heteroatoms. The Bertz CT molecular complexity index is 848. The molecule has 1 N–H and O–H groups in total. The van der Waals surface area contributed by atoms with Gasteiger partial charge in [0.1, 0.15) is 0 Å². The van der Waals surface area contributed by atoms with Crippen LogP contribution in [-0.2, 0) is 9.53 Å². The van der Waals surface area contributed by atoms with Gasteiger partial charge in [-0.3, -0.25) is 9.78 Å².